The highest BCUT2D eigenvalue weighted by molar-refractivity contribution is 5.27. The van der Waals surface area contributed by atoms with Crippen molar-refractivity contribution in [3.8, 4) is 0 Å². The van der Waals surface area contributed by atoms with E-state index in [0.717, 1.165) is 19.7 Å². The summed E-state index contributed by atoms with van der Waals surface area (Å²) < 4.78 is 5.92. The van der Waals surface area contributed by atoms with Gasteiger partial charge in [0.2, 0.25) is 0 Å². The first-order chi connectivity index (χ1) is 10.1. The minimum atomic E-state index is 0.236. The van der Waals surface area contributed by atoms with Crippen LogP contribution in [0.5, 0.6) is 0 Å². The first-order valence-corrected chi connectivity index (χ1v) is 8.47. The zero-order valence-electron chi connectivity index (χ0n) is 14.0. The minimum absolute atomic E-state index is 0.236. The number of benzene rings is 1. The van der Waals surface area contributed by atoms with Gasteiger partial charge in [-0.05, 0) is 29.4 Å². The third-order valence-electron chi connectivity index (χ3n) is 4.33. The van der Waals surface area contributed by atoms with Crippen molar-refractivity contribution in [3.63, 3.8) is 0 Å². The van der Waals surface area contributed by atoms with Gasteiger partial charge in [0, 0.05) is 13.1 Å². The molecule has 0 spiro atoms. The summed E-state index contributed by atoms with van der Waals surface area (Å²) in [7, 11) is 0. The van der Waals surface area contributed by atoms with E-state index >= 15 is 0 Å². The molecule has 2 heteroatoms. The Morgan fingerprint density at radius 1 is 1.05 bits per heavy atom. The second-order valence-corrected chi connectivity index (χ2v) is 7.25. The van der Waals surface area contributed by atoms with Gasteiger partial charge in [-0.25, -0.2) is 0 Å². The largest absolute Gasteiger partial charge is 0.377 e. The van der Waals surface area contributed by atoms with Gasteiger partial charge in [-0.3, -0.25) is 0 Å². The molecule has 0 radical (unpaired) electrons. The van der Waals surface area contributed by atoms with Crippen molar-refractivity contribution in [1.29, 1.82) is 0 Å². The molecule has 2 rings (SSSR count). The number of hydrogen-bond acceptors (Lipinski definition) is 2. The average Bonchev–Trinajstić information content (AvgIpc) is 2.47. The normalized spacial score (nSPS) is 17.1. The Labute approximate surface area is 130 Å². The van der Waals surface area contributed by atoms with E-state index in [0.29, 0.717) is 6.10 Å². The van der Waals surface area contributed by atoms with Crippen LogP contribution in [0.15, 0.2) is 24.3 Å². The first-order valence-electron chi connectivity index (χ1n) is 8.47. The van der Waals surface area contributed by atoms with E-state index in [1.54, 1.807) is 0 Å². The van der Waals surface area contributed by atoms with E-state index in [9.17, 15) is 0 Å². The fraction of sp³-hybridized carbons (Fsp3) is 0.684. The molecule has 0 bridgehead atoms. The fourth-order valence-electron chi connectivity index (χ4n) is 2.88. The third kappa shape index (κ3) is 5.80. The van der Waals surface area contributed by atoms with Crippen molar-refractivity contribution in [2.24, 2.45) is 0 Å². The molecule has 1 aromatic rings. The van der Waals surface area contributed by atoms with Gasteiger partial charge in [-0.15, -0.1) is 0 Å². The molecule has 21 heavy (non-hydrogen) atoms. The molecule has 0 atom stereocenters. The quantitative estimate of drug-likeness (QED) is 0.783. The molecule has 1 aliphatic carbocycles. The summed E-state index contributed by atoms with van der Waals surface area (Å²) >= 11 is 0. The lowest BCUT2D eigenvalue weighted by molar-refractivity contribution is 0.0302. The van der Waals surface area contributed by atoms with Crippen LogP contribution in [0.4, 0.5) is 0 Å². The van der Waals surface area contributed by atoms with Crippen LogP contribution in [0.25, 0.3) is 0 Å². The molecule has 0 amide bonds. The molecule has 1 aliphatic rings. The zero-order chi connectivity index (χ0) is 15.1. The Balaban J connectivity index is 1.62. The summed E-state index contributed by atoms with van der Waals surface area (Å²) in [6, 6.07) is 8.95. The second kappa shape index (κ2) is 7.95. The van der Waals surface area contributed by atoms with Gasteiger partial charge < -0.3 is 10.1 Å². The Bertz CT molecular complexity index is 399. The topological polar surface area (TPSA) is 21.3 Å². The van der Waals surface area contributed by atoms with Crippen molar-refractivity contribution >= 4 is 0 Å². The summed E-state index contributed by atoms with van der Waals surface area (Å²) in [5, 5.41) is 3.47. The van der Waals surface area contributed by atoms with E-state index < -0.39 is 0 Å². The van der Waals surface area contributed by atoms with Gasteiger partial charge in [-0.2, -0.15) is 0 Å². The van der Waals surface area contributed by atoms with Crippen LogP contribution in [-0.4, -0.2) is 19.3 Å². The predicted octanol–water partition coefficient (Wildman–Crippen LogP) is 4.42. The van der Waals surface area contributed by atoms with Crippen molar-refractivity contribution in [3.05, 3.63) is 35.4 Å². The highest BCUT2D eigenvalue weighted by Crippen LogP contribution is 2.22. The Hall–Kier alpha value is -0.860. The monoisotopic (exact) mass is 289 g/mol. The molecule has 2 nitrogen and oxygen atoms in total. The van der Waals surface area contributed by atoms with Crippen LogP contribution in [0.1, 0.15) is 64.0 Å². The lowest BCUT2D eigenvalue weighted by Gasteiger charge is -2.22. The summed E-state index contributed by atoms with van der Waals surface area (Å²) in [5.41, 5.74) is 2.98. The zero-order valence-corrected chi connectivity index (χ0v) is 14.0. The molecular formula is C19H31NO. The van der Waals surface area contributed by atoms with Gasteiger partial charge in [-0.1, -0.05) is 64.3 Å². The Morgan fingerprint density at radius 2 is 1.71 bits per heavy atom. The first kappa shape index (κ1) is 16.5. The minimum Gasteiger partial charge on any atom is -0.377 e. The molecule has 1 N–H and O–H groups in total. The van der Waals surface area contributed by atoms with E-state index in [-0.39, 0.29) is 5.41 Å². The SMILES string of the molecule is CC(C)(C)c1ccc(CNCCOC2CCCCC2)cc1. The second-order valence-electron chi connectivity index (χ2n) is 7.25. The van der Waals surface area contributed by atoms with E-state index in [4.69, 9.17) is 4.74 Å². The number of nitrogens with one attached hydrogen (secondary N) is 1. The van der Waals surface area contributed by atoms with E-state index in [1.807, 2.05) is 0 Å². The van der Waals surface area contributed by atoms with Crippen LogP contribution in [0.2, 0.25) is 0 Å². The van der Waals surface area contributed by atoms with E-state index in [2.05, 4.69) is 50.4 Å². The third-order valence-corrected chi connectivity index (χ3v) is 4.33. The van der Waals surface area contributed by atoms with E-state index in [1.165, 1.54) is 43.2 Å². The van der Waals surface area contributed by atoms with Crippen molar-refractivity contribution in [2.45, 2.75) is 70.9 Å². The van der Waals surface area contributed by atoms with Crippen LogP contribution < -0.4 is 5.32 Å². The van der Waals surface area contributed by atoms with Crippen LogP contribution >= 0.6 is 0 Å². The van der Waals surface area contributed by atoms with Crippen LogP contribution in [-0.2, 0) is 16.7 Å². The summed E-state index contributed by atoms with van der Waals surface area (Å²) in [5.74, 6) is 0. The van der Waals surface area contributed by atoms with Crippen LogP contribution in [0, 0.1) is 0 Å². The molecule has 1 saturated carbocycles. The molecular weight excluding hydrogens is 258 g/mol. The summed E-state index contributed by atoms with van der Waals surface area (Å²) in [6.07, 6.45) is 7.12. The van der Waals surface area contributed by atoms with Gasteiger partial charge >= 0.3 is 0 Å². The number of hydrogen-bond donors (Lipinski definition) is 1. The van der Waals surface area contributed by atoms with Crippen LogP contribution in [0.3, 0.4) is 0 Å². The Morgan fingerprint density at radius 3 is 2.33 bits per heavy atom. The van der Waals surface area contributed by atoms with Crippen molar-refractivity contribution in [2.75, 3.05) is 13.2 Å². The standard InChI is InChI=1S/C19H31NO/c1-19(2,3)17-11-9-16(10-12-17)15-20-13-14-21-18-7-5-4-6-8-18/h9-12,18,20H,4-8,13-15H2,1-3H3. The van der Waals surface area contributed by atoms with Crippen molar-refractivity contribution in [1.82, 2.24) is 5.32 Å². The molecule has 1 aromatic carbocycles. The van der Waals surface area contributed by atoms with Gasteiger partial charge in [0.25, 0.3) is 0 Å². The molecule has 0 unspecified atom stereocenters. The predicted molar refractivity (Wildman–Crippen MR) is 89.7 cm³/mol. The maximum Gasteiger partial charge on any atom is 0.0594 e. The maximum atomic E-state index is 5.92. The number of rotatable bonds is 6. The summed E-state index contributed by atoms with van der Waals surface area (Å²) in [6.45, 7) is 9.47. The lowest BCUT2D eigenvalue weighted by atomic mass is 9.87. The fourth-order valence-corrected chi connectivity index (χ4v) is 2.88. The highest BCUT2D eigenvalue weighted by Gasteiger charge is 2.13. The number of ether oxygens (including phenoxy) is 1. The molecule has 0 heterocycles. The van der Waals surface area contributed by atoms with Gasteiger partial charge in [0.05, 0.1) is 12.7 Å². The average molecular weight is 289 g/mol. The lowest BCUT2D eigenvalue weighted by Crippen LogP contribution is -2.24. The maximum absolute atomic E-state index is 5.92. The van der Waals surface area contributed by atoms with Gasteiger partial charge in [0.15, 0.2) is 0 Å². The Kier molecular flexibility index (Phi) is 6.25. The van der Waals surface area contributed by atoms with Gasteiger partial charge in [0.1, 0.15) is 0 Å². The molecule has 0 aliphatic heterocycles. The smallest absolute Gasteiger partial charge is 0.0594 e. The molecule has 1 fully saturated rings. The molecule has 118 valence electrons. The van der Waals surface area contributed by atoms with Crippen molar-refractivity contribution < 1.29 is 4.74 Å². The molecule has 0 saturated heterocycles. The molecule has 0 aromatic heterocycles. The highest BCUT2D eigenvalue weighted by atomic mass is 16.5. The summed E-state index contributed by atoms with van der Waals surface area (Å²) in [4.78, 5) is 0.